The van der Waals surface area contributed by atoms with E-state index in [2.05, 4.69) is 16.2 Å². The molecular weight excluding hydrogens is 352 g/mol. The van der Waals surface area contributed by atoms with E-state index in [1.54, 1.807) is 66.9 Å². The van der Waals surface area contributed by atoms with E-state index in [0.717, 1.165) is 0 Å². The number of aromatic hydroxyl groups is 1. The second kappa shape index (κ2) is 7.17. The number of pyridine rings is 1. The van der Waals surface area contributed by atoms with Crippen molar-refractivity contribution in [3.63, 3.8) is 0 Å². The zero-order valence-electron chi connectivity index (χ0n) is 14.6. The Morgan fingerprint density at radius 1 is 0.893 bits per heavy atom. The van der Waals surface area contributed by atoms with E-state index < -0.39 is 5.56 Å². The quantitative estimate of drug-likeness (QED) is 0.599. The van der Waals surface area contributed by atoms with E-state index in [9.17, 15) is 15.2 Å². The van der Waals surface area contributed by atoms with Crippen molar-refractivity contribution in [3.8, 4) is 40.0 Å². The lowest BCUT2D eigenvalue weighted by molar-refractivity contribution is 0.477. The first-order valence-corrected chi connectivity index (χ1v) is 8.52. The van der Waals surface area contributed by atoms with E-state index in [4.69, 9.17) is 0 Å². The zero-order chi connectivity index (χ0) is 19.5. The number of hydrogen-bond acceptors (Lipinski definition) is 5. The molecule has 2 heterocycles. The zero-order valence-corrected chi connectivity index (χ0v) is 14.6. The summed E-state index contributed by atoms with van der Waals surface area (Å²) in [4.78, 5) is 17.5. The SMILES string of the molecule is N#Cc1ccccc1-n1nc(-c2ccccn2)cc(-c2ccccc2O)c1=O. The second-order valence-corrected chi connectivity index (χ2v) is 6.02. The number of benzene rings is 2. The van der Waals surface area contributed by atoms with Crippen LogP contribution < -0.4 is 5.56 Å². The molecule has 6 nitrogen and oxygen atoms in total. The second-order valence-electron chi connectivity index (χ2n) is 6.02. The van der Waals surface area contributed by atoms with Crippen molar-refractivity contribution in [2.24, 2.45) is 0 Å². The van der Waals surface area contributed by atoms with Crippen molar-refractivity contribution in [1.29, 1.82) is 5.26 Å². The molecule has 0 bridgehead atoms. The molecule has 0 spiro atoms. The van der Waals surface area contributed by atoms with Crippen LogP contribution in [-0.2, 0) is 0 Å². The molecule has 134 valence electrons. The predicted molar refractivity (Wildman–Crippen MR) is 105 cm³/mol. The van der Waals surface area contributed by atoms with E-state index >= 15 is 0 Å². The fraction of sp³-hybridized carbons (Fsp3) is 0. The van der Waals surface area contributed by atoms with Gasteiger partial charge < -0.3 is 5.11 Å². The average Bonchev–Trinajstić information content (AvgIpc) is 2.75. The van der Waals surface area contributed by atoms with Gasteiger partial charge in [-0.15, -0.1) is 0 Å². The number of rotatable bonds is 3. The summed E-state index contributed by atoms with van der Waals surface area (Å²) in [5.74, 6) is -0.0158. The maximum Gasteiger partial charge on any atom is 0.279 e. The lowest BCUT2D eigenvalue weighted by atomic mass is 10.0. The van der Waals surface area contributed by atoms with Crippen LogP contribution in [-0.4, -0.2) is 19.9 Å². The predicted octanol–water partition coefficient (Wildman–Crippen LogP) is 3.54. The highest BCUT2D eigenvalue weighted by molar-refractivity contribution is 5.73. The Balaban J connectivity index is 2.07. The first-order valence-electron chi connectivity index (χ1n) is 8.52. The van der Waals surface area contributed by atoms with Crippen LogP contribution in [0.3, 0.4) is 0 Å². The van der Waals surface area contributed by atoms with E-state index in [-0.39, 0.29) is 11.3 Å². The van der Waals surface area contributed by atoms with Crippen LogP contribution in [0.4, 0.5) is 0 Å². The molecule has 0 unspecified atom stereocenters. The molecule has 0 aliphatic rings. The minimum Gasteiger partial charge on any atom is -0.507 e. The third-order valence-corrected chi connectivity index (χ3v) is 4.29. The Hall–Kier alpha value is -4.24. The monoisotopic (exact) mass is 366 g/mol. The lowest BCUT2D eigenvalue weighted by Crippen LogP contribution is -2.24. The maximum absolute atomic E-state index is 13.2. The molecule has 0 saturated heterocycles. The minimum atomic E-state index is -0.441. The minimum absolute atomic E-state index is 0.0158. The number of para-hydroxylation sites is 2. The molecule has 2 aromatic carbocycles. The number of aromatic nitrogens is 3. The molecule has 0 saturated carbocycles. The van der Waals surface area contributed by atoms with Crippen LogP contribution in [0.1, 0.15) is 5.56 Å². The number of nitrogens with zero attached hydrogens (tertiary/aromatic N) is 4. The fourth-order valence-corrected chi connectivity index (χ4v) is 2.94. The van der Waals surface area contributed by atoms with Gasteiger partial charge in [0.05, 0.1) is 22.5 Å². The topological polar surface area (TPSA) is 91.8 Å². The summed E-state index contributed by atoms with van der Waals surface area (Å²) in [5.41, 5.74) is 1.91. The molecule has 0 amide bonds. The van der Waals surface area contributed by atoms with E-state index in [0.29, 0.717) is 28.2 Å². The van der Waals surface area contributed by atoms with Crippen molar-refractivity contribution in [1.82, 2.24) is 14.8 Å². The summed E-state index contributed by atoms with van der Waals surface area (Å²) in [6.07, 6.45) is 1.63. The number of phenolic OH excluding ortho intramolecular Hbond substituents is 1. The summed E-state index contributed by atoms with van der Waals surface area (Å²) < 4.78 is 1.18. The maximum atomic E-state index is 13.2. The summed E-state index contributed by atoms with van der Waals surface area (Å²) in [7, 11) is 0. The van der Waals surface area contributed by atoms with Crippen molar-refractivity contribution >= 4 is 0 Å². The van der Waals surface area contributed by atoms with Crippen LogP contribution in [0.5, 0.6) is 5.75 Å². The van der Waals surface area contributed by atoms with Gasteiger partial charge in [-0.3, -0.25) is 9.78 Å². The van der Waals surface area contributed by atoms with Gasteiger partial charge in [0.1, 0.15) is 17.5 Å². The molecule has 4 aromatic rings. The van der Waals surface area contributed by atoms with Crippen LogP contribution in [0.25, 0.3) is 28.2 Å². The largest absolute Gasteiger partial charge is 0.507 e. The van der Waals surface area contributed by atoms with E-state index in [1.165, 1.54) is 10.7 Å². The molecule has 2 aromatic heterocycles. The van der Waals surface area contributed by atoms with Crippen molar-refractivity contribution in [2.45, 2.75) is 0 Å². The number of nitriles is 1. The van der Waals surface area contributed by atoms with Crippen LogP contribution >= 0.6 is 0 Å². The Labute approximate surface area is 160 Å². The summed E-state index contributed by atoms with van der Waals surface area (Å²) >= 11 is 0. The molecule has 0 radical (unpaired) electrons. The van der Waals surface area contributed by atoms with Gasteiger partial charge in [-0.1, -0.05) is 36.4 Å². The summed E-state index contributed by atoms with van der Waals surface area (Å²) in [6.45, 7) is 0. The van der Waals surface area contributed by atoms with Crippen LogP contribution in [0.2, 0.25) is 0 Å². The van der Waals surface area contributed by atoms with Crippen molar-refractivity contribution in [2.75, 3.05) is 0 Å². The average molecular weight is 366 g/mol. The molecule has 0 atom stereocenters. The van der Waals surface area contributed by atoms with Gasteiger partial charge in [-0.25, -0.2) is 0 Å². The van der Waals surface area contributed by atoms with Gasteiger partial charge in [-0.2, -0.15) is 15.0 Å². The van der Waals surface area contributed by atoms with Crippen molar-refractivity contribution in [3.05, 3.63) is 94.9 Å². The van der Waals surface area contributed by atoms with Gasteiger partial charge in [-0.05, 0) is 36.4 Å². The highest BCUT2D eigenvalue weighted by atomic mass is 16.3. The van der Waals surface area contributed by atoms with Gasteiger partial charge in [0, 0.05) is 11.8 Å². The highest BCUT2D eigenvalue weighted by Gasteiger charge is 2.17. The van der Waals surface area contributed by atoms with Crippen LogP contribution in [0, 0.1) is 11.3 Å². The molecule has 1 N–H and O–H groups in total. The first-order chi connectivity index (χ1) is 13.7. The number of phenols is 1. The number of hydrogen-bond donors (Lipinski definition) is 1. The summed E-state index contributed by atoms with van der Waals surface area (Å²) in [5, 5.41) is 24.2. The highest BCUT2D eigenvalue weighted by Crippen LogP contribution is 2.28. The molecule has 0 fully saturated rings. The van der Waals surface area contributed by atoms with E-state index in [1.807, 2.05) is 6.07 Å². The Bertz CT molecular complexity index is 1260. The fourth-order valence-electron chi connectivity index (χ4n) is 2.94. The molecule has 0 aliphatic carbocycles. The molecular formula is C22H14N4O2. The molecule has 28 heavy (non-hydrogen) atoms. The summed E-state index contributed by atoms with van der Waals surface area (Å²) in [6, 6.07) is 22.4. The van der Waals surface area contributed by atoms with Crippen molar-refractivity contribution < 1.29 is 5.11 Å². The molecule has 0 aliphatic heterocycles. The Kier molecular flexibility index (Phi) is 4.40. The lowest BCUT2D eigenvalue weighted by Gasteiger charge is -2.12. The van der Waals surface area contributed by atoms with Gasteiger partial charge in [0.2, 0.25) is 0 Å². The first kappa shape index (κ1) is 17.2. The molecule has 4 rings (SSSR count). The standard InChI is InChI=1S/C22H14N4O2/c23-14-15-7-1-3-10-20(15)26-22(28)17(16-8-2-4-11-21(16)27)13-19(25-26)18-9-5-6-12-24-18/h1-13,27H. The third-order valence-electron chi connectivity index (χ3n) is 4.29. The Morgan fingerprint density at radius 2 is 1.64 bits per heavy atom. The van der Waals surface area contributed by atoms with Gasteiger partial charge >= 0.3 is 0 Å². The third kappa shape index (κ3) is 3.02. The normalized spacial score (nSPS) is 10.4. The van der Waals surface area contributed by atoms with Gasteiger partial charge in [0.15, 0.2) is 0 Å². The Morgan fingerprint density at radius 3 is 2.39 bits per heavy atom. The smallest absolute Gasteiger partial charge is 0.279 e. The van der Waals surface area contributed by atoms with Gasteiger partial charge in [0.25, 0.3) is 5.56 Å². The van der Waals surface area contributed by atoms with Crippen LogP contribution in [0.15, 0.2) is 83.8 Å². The molecule has 6 heteroatoms.